The number of aromatic nitrogens is 3. The van der Waals surface area contributed by atoms with Crippen LogP contribution in [0.3, 0.4) is 0 Å². The highest BCUT2D eigenvalue weighted by Gasteiger charge is 2.21. The summed E-state index contributed by atoms with van der Waals surface area (Å²) in [5.74, 6) is 0.123. The van der Waals surface area contributed by atoms with Crippen LogP contribution >= 0.6 is 23.2 Å². The number of halogens is 2. The van der Waals surface area contributed by atoms with Crippen LogP contribution in [0.25, 0.3) is 22.7 Å². The SMILES string of the molecule is COCC(=O)N(Cc1cccnc1)c1ccc(/C=C/C(=O)C(N)c2cccn2-c2ccc(Cl)c(COc3cccc4ccc(C)nc34)c2Cl)cc1. The summed E-state index contributed by atoms with van der Waals surface area (Å²) in [7, 11) is 1.48. The molecule has 3 aromatic carbocycles. The van der Waals surface area contributed by atoms with Crippen molar-refractivity contribution < 1.29 is 19.1 Å². The molecular weight excluding hydrogens is 685 g/mol. The third kappa shape index (κ3) is 8.19. The van der Waals surface area contributed by atoms with Gasteiger partial charge in [0.25, 0.3) is 5.91 Å². The predicted molar refractivity (Wildman–Crippen MR) is 201 cm³/mol. The lowest BCUT2D eigenvalue weighted by atomic mass is 10.1. The zero-order chi connectivity index (χ0) is 35.9. The second kappa shape index (κ2) is 16.1. The van der Waals surface area contributed by atoms with Gasteiger partial charge in [0.2, 0.25) is 0 Å². The van der Waals surface area contributed by atoms with Gasteiger partial charge in [-0.2, -0.15) is 0 Å². The van der Waals surface area contributed by atoms with E-state index in [4.69, 9.17) is 38.4 Å². The molecule has 6 aromatic rings. The first-order chi connectivity index (χ1) is 24.7. The zero-order valence-corrected chi connectivity index (χ0v) is 29.5. The summed E-state index contributed by atoms with van der Waals surface area (Å²) in [6.07, 6.45) is 8.34. The first kappa shape index (κ1) is 35.5. The van der Waals surface area contributed by atoms with Gasteiger partial charge in [-0.05, 0) is 78.7 Å². The molecule has 3 heterocycles. The molecule has 11 heteroatoms. The van der Waals surface area contributed by atoms with E-state index < -0.39 is 6.04 Å². The zero-order valence-electron chi connectivity index (χ0n) is 28.0. The second-order valence-electron chi connectivity index (χ2n) is 11.8. The predicted octanol–water partition coefficient (Wildman–Crippen LogP) is 8.08. The number of fused-ring (bicyclic) bond motifs is 1. The molecule has 1 unspecified atom stereocenters. The minimum absolute atomic E-state index is 0.0606. The minimum Gasteiger partial charge on any atom is -0.487 e. The van der Waals surface area contributed by atoms with Crippen molar-refractivity contribution in [3.05, 3.63) is 154 Å². The normalized spacial score (nSPS) is 11.9. The third-order valence-electron chi connectivity index (χ3n) is 8.30. The van der Waals surface area contributed by atoms with E-state index in [0.29, 0.717) is 45.0 Å². The van der Waals surface area contributed by atoms with Crippen LogP contribution in [-0.2, 0) is 27.5 Å². The summed E-state index contributed by atoms with van der Waals surface area (Å²) < 4.78 is 13.1. The Hall–Kier alpha value is -5.32. The number of amides is 1. The lowest BCUT2D eigenvalue weighted by molar-refractivity contribution is -0.122. The summed E-state index contributed by atoms with van der Waals surface area (Å²) >= 11 is 13.6. The molecule has 258 valence electrons. The summed E-state index contributed by atoms with van der Waals surface area (Å²) in [5.41, 5.74) is 12.2. The van der Waals surface area contributed by atoms with Crippen molar-refractivity contribution >= 4 is 57.6 Å². The van der Waals surface area contributed by atoms with Gasteiger partial charge in [-0.25, -0.2) is 4.98 Å². The quantitative estimate of drug-likeness (QED) is 0.120. The fourth-order valence-corrected chi connectivity index (χ4v) is 6.22. The summed E-state index contributed by atoms with van der Waals surface area (Å²) in [6, 6.07) is 26.9. The number of methoxy groups -OCH3 is 1. The molecule has 0 radical (unpaired) electrons. The van der Waals surface area contributed by atoms with Gasteiger partial charge in [-0.1, -0.05) is 65.7 Å². The van der Waals surface area contributed by atoms with Gasteiger partial charge in [-0.3, -0.25) is 14.6 Å². The maximum atomic E-state index is 13.4. The first-order valence-corrected chi connectivity index (χ1v) is 16.9. The number of ketones is 1. The Labute approximate surface area is 305 Å². The van der Waals surface area contributed by atoms with Crippen molar-refractivity contribution in [1.29, 1.82) is 0 Å². The van der Waals surface area contributed by atoms with Crippen molar-refractivity contribution in [3.8, 4) is 11.4 Å². The monoisotopic (exact) mass is 719 g/mol. The summed E-state index contributed by atoms with van der Waals surface area (Å²) in [4.78, 5) is 36.6. The van der Waals surface area contributed by atoms with Crippen molar-refractivity contribution in [1.82, 2.24) is 14.5 Å². The van der Waals surface area contributed by atoms with Crippen molar-refractivity contribution in [2.75, 3.05) is 18.6 Å². The van der Waals surface area contributed by atoms with E-state index in [-0.39, 0.29) is 24.9 Å². The molecule has 1 atom stereocenters. The number of pyridine rings is 2. The highest BCUT2D eigenvalue weighted by Crippen LogP contribution is 2.34. The molecular formula is C40H35Cl2N5O4. The number of nitrogens with two attached hydrogens (primary N) is 1. The molecule has 2 N–H and O–H groups in total. The molecule has 0 spiro atoms. The highest BCUT2D eigenvalue weighted by atomic mass is 35.5. The Bertz CT molecular complexity index is 2200. The summed E-state index contributed by atoms with van der Waals surface area (Å²) in [5, 5.41) is 1.78. The van der Waals surface area contributed by atoms with Gasteiger partial charge in [-0.15, -0.1) is 0 Å². The van der Waals surface area contributed by atoms with Crippen LogP contribution in [0.4, 0.5) is 5.69 Å². The second-order valence-corrected chi connectivity index (χ2v) is 12.6. The van der Waals surface area contributed by atoms with Crippen LogP contribution in [0.2, 0.25) is 10.0 Å². The van der Waals surface area contributed by atoms with E-state index >= 15 is 0 Å². The number of benzene rings is 3. The van der Waals surface area contributed by atoms with Crippen molar-refractivity contribution in [3.63, 3.8) is 0 Å². The van der Waals surface area contributed by atoms with E-state index in [1.165, 1.54) is 13.2 Å². The van der Waals surface area contributed by atoms with Crippen LogP contribution < -0.4 is 15.4 Å². The Kier molecular flexibility index (Phi) is 11.2. The molecule has 0 aliphatic rings. The molecule has 0 aliphatic carbocycles. The average molecular weight is 721 g/mol. The average Bonchev–Trinajstić information content (AvgIpc) is 3.63. The number of carbonyl (C=O) groups is 2. The fourth-order valence-electron chi connectivity index (χ4n) is 5.65. The van der Waals surface area contributed by atoms with E-state index in [1.54, 1.807) is 58.4 Å². The molecule has 0 saturated carbocycles. The smallest absolute Gasteiger partial charge is 0.253 e. The number of rotatable bonds is 13. The van der Waals surface area contributed by atoms with Crippen LogP contribution in [0, 0.1) is 6.92 Å². The van der Waals surface area contributed by atoms with Crippen molar-refractivity contribution in [2.24, 2.45) is 5.73 Å². The fraction of sp³-hybridized carbons (Fsp3) is 0.150. The first-order valence-electron chi connectivity index (χ1n) is 16.1. The number of para-hydroxylation sites is 1. The van der Waals surface area contributed by atoms with Crippen LogP contribution in [0.15, 0.2) is 116 Å². The lowest BCUT2D eigenvalue weighted by Gasteiger charge is -2.22. The van der Waals surface area contributed by atoms with Gasteiger partial charge < -0.3 is 24.7 Å². The van der Waals surface area contributed by atoms with E-state index in [2.05, 4.69) is 9.97 Å². The summed E-state index contributed by atoms with van der Waals surface area (Å²) in [6.45, 7) is 2.31. The minimum atomic E-state index is -0.978. The number of hydrogen-bond acceptors (Lipinski definition) is 7. The number of nitrogens with zero attached hydrogens (tertiary/aromatic N) is 4. The van der Waals surface area contributed by atoms with E-state index in [1.807, 2.05) is 73.7 Å². The number of anilines is 1. The van der Waals surface area contributed by atoms with Crippen LogP contribution in [0.1, 0.15) is 34.1 Å². The lowest BCUT2D eigenvalue weighted by Crippen LogP contribution is -2.33. The standard InChI is InChI=1S/C40H35Cl2N5O4/c1-26-10-14-29-7-3-9-36(40(29)45-26)51-24-31-32(41)17-18-33(38(31)42)46-21-5-8-34(46)39(43)35(48)19-13-27-11-15-30(16-12-27)47(37(49)25-50-2)23-28-6-4-20-44-22-28/h3-22,39H,23-25,43H2,1-2H3/b19-13+. The van der Waals surface area contributed by atoms with E-state index in [0.717, 1.165) is 27.7 Å². The van der Waals surface area contributed by atoms with Gasteiger partial charge in [0.1, 0.15) is 30.5 Å². The molecule has 9 nitrogen and oxygen atoms in total. The van der Waals surface area contributed by atoms with Crippen LogP contribution in [0.5, 0.6) is 5.75 Å². The highest BCUT2D eigenvalue weighted by molar-refractivity contribution is 6.37. The topological polar surface area (TPSA) is 113 Å². The molecule has 0 aliphatic heterocycles. The Morgan fingerprint density at radius 3 is 2.57 bits per heavy atom. The number of carbonyl (C=O) groups excluding carboxylic acids is 2. The molecule has 0 saturated heterocycles. The van der Waals surface area contributed by atoms with E-state index in [9.17, 15) is 9.59 Å². The Morgan fingerprint density at radius 1 is 0.980 bits per heavy atom. The third-order valence-corrected chi connectivity index (χ3v) is 9.08. The maximum absolute atomic E-state index is 13.4. The van der Waals surface area contributed by atoms with Gasteiger partial charge >= 0.3 is 0 Å². The number of ether oxygens (including phenoxy) is 2. The largest absolute Gasteiger partial charge is 0.487 e. The molecule has 3 aromatic heterocycles. The molecule has 6 rings (SSSR count). The van der Waals surface area contributed by atoms with Crippen molar-refractivity contribution in [2.45, 2.75) is 26.1 Å². The number of aryl methyl sites for hydroxylation is 1. The van der Waals surface area contributed by atoms with Crippen LogP contribution in [-0.4, -0.2) is 39.9 Å². The molecule has 0 fully saturated rings. The van der Waals surface area contributed by atoms with Gasteiger partial charge in [0.05, 0.1) is 17.3 Å². The number of hydrogen-bond donors (Lipinski definition) is 1. The van der Waals surface area contributed by atoms with Gasteiger partial charge in [0.15, 0.2) is 5.78 Å². The molecule has 0 bridgehead atoms. The maximum Gasteiger partial charge on any atom is 0.253 e. The molecule has 51 heavy (non-hydrogen) atoms. The Balaban J connectivity index is 1.17. The molecule has 1 amide bonds. The Morgan fingerprint density at radius 2 is 1.80 bits per heavy atom. The van der Waals surface area contributed by atoms with Gasteiger partial charge in [0, 0.05) is 58.7 Å².